The van der Waals surface area contributed by atoms with E-state index in [0.717, 1.165) is 11.6 Å². The molecule has 0 radical (unpaired) electrons. The van der Waals surface area contributed by atoms with Crippen LogP contribution in [-0.2, 0) is 6.54 Å². The van der Waals surface area contributed by atoms with Crippen molar-refractivity contribution >= 4 is 34.9 Å². The molecule has 0 aliphatic heterocycles. The summed E-state index contributed by atoms with van der Waals surface area (Å²) in [5.41, 5.74) is 0.722. The summed E-state index contributed by atoms with van der Waals surface area (Å²) in [6, 6.07) is 12.8. The Bertz CT molecular complexity index is 895. The summed E-state index contributed by atoms with van der Waals surface area (Å²) < 4.78 is 15.4. The van der Waals surface area contributed by atoms with Gasteiger partial charge in [-0.1, -0.05) is 41.4 Å². The van der Waals surface area contributed by atoms with Crippen LogP contribution in [-0.4, -0.2) is 15.7 Å². The van der Waals surface area contributed by atoms with Crippen LogP contribution in [0.15, 0.2) is 54.7 Å². The van der Waals surface area contributed by atoms with E-state index in [9.17, 15) is 9.18 Å². The molecular weight excluding hydrogens is 352 g/mol. The van der Waals surface area contributed by atoms with Crippen LogP contribution in [0.1, 0.15) is 15.9 Å². The Kier molecular flexibility index (Phi) is 4.83. The van der Waals surface area contributed by atoms with Gasteiger partial charge in [0.05, 0.1) is 18.3 Å². The monoisotopic (exact) mass is 363 g/mol. The molecule has 0 aliphatic rings. The van der Waals surface area contributed by atoms with Gasteiger partial charge in [-0.05, 0) is 29.8 Å². The van der Waals surface area contributed by atoms with Crippen molar-refractivity contribution in [2.45, 2.75) is 6.54 Å². The molecule has 1 aromatic heterocycles. The molecule has 1 N–H and O–H groups in total. The fraction of sp³-hybridized carbons (Fsp3) is 0.0588. The fourth-order valence-electron chi connectivity index (χ4n) is 2.21. The molecule has 0 spiro atoms. The zero-order valence-electron chi connectivity index (χ0n) is 12.3. The number of benzene rings is 2. The number of hydrogen-bond donors (Lipinski definition) is 1. The standard InChI is InChI=1S/C17H12Cl2FN3O/c18-12-5-6-15(20)13(9-12)17(24)22-16-7-8-21-23(16)10-11-3-1-2-4-14(11)19/h1-9H,10H2,(H,22,24). The number of halogens is 3. The maximum absolute atomic E-state index is 13.8. The van der Waals surface area contributed by atoms with Gasteiger partial charge in [-0.3, -0.25) is 4.79 Å². The van der Waals surface area contributed by atoms with Gasteiger partial charge < -0.3 is 5.32 Å². The highest BCUT2D eigenvalue weighted by atomic mass is 35.5. The van der Waals surface area contributed by atoms with Gasteiger partial charge >= 0.3 is 0 Å². The van der Waals surface area contributed by atoms with Gasteiger partial charge in [-0.2, -0.15) is 5.10 Å². The zero-order chi connectivity index (χ0) is 17.1. The van der Waals surface area contributed by atoms with E-state index in [4.69, 9.17) is 23.2 Å². The van der Waals surface area contributed by atoms with Crippen LogP contribution >= 0.6 is 23.2 Å². The van der Waals surface area contributed by atoms with Gasteiger partial charge in [0.1, 0.15) is 11.6 Å². The molecule has 1 amide bonds. The van der Waals surface area contributed by atoms with Gasteiger partial charge in [0.25, 0.3) is 5.91 Å². The quantitative estimate of drug-likeness (QED) is 0.734. The first-order valence-electron chi connectivity index (χ1n) is 7.06. The second-order valence-corrected chi connectivity index (χ2v) is 5.89. The Morgan fingerprint density at radius 1 is 1.17 bits per heavy atom. The number of nitrogens with one attached hydrogen (secondary N) is 1. The Hall–Kier alpha value is -2.37. The lowest BCUT2D eigenvalue weighted by molar-refractivity contribution is 0.102. The number of aromatic nitrogens is 2. The average Bonchev–Trinajstić information content (AvgIpc) is 2.99. The summed E-state index contributed by atoms with van der Waals surface area (Å²) in [7, 11) is 0. The lowest BCUT2D eigenvalue weighted by Crippen LogP contribution is -2.17. The van der Waals surface area contributed by atoms with E-state index in [2.05, 4.69) is 10.4 Å². The lowest BCUT2D eigenvalue weighted by atomic mass is 10.2. The van der Waals surface area contributed by atoms with Crippen LogP contribution in [0.2, 0.25) is 10.0 Å². The molecule has 0 atom stereocenters. The van der Waals surface area contributed by atoms with Gasteiger partial charge in [-0.15, -0.1) is 0 Å². The summed E-state index contributed by atoms with van der Waals surface area (Å²) in [6.07, 6.45) is 1.54. The van der Waals surface area contributed by atoms with E-state index in [1.165, 1.54) is 12.1 Å². The van der Waals surface area contributed by atoms with Gasteiger partial charge in [-0.25, -0.2) is 9.07 Å². The van der Waals surface area contributed by atoms with E-state index in [-0.39, 0.29) is 10.6 Å². The summed E-state index contributed by atoms with van der Waals surface area (Å²) in [4.78, 5) is 12.3. The summed E-state index contributed by atoms with van der Waals surface area (Å²) in [6.45, 7) is 0.375. The molecule has 2 aromatic carbocycles. The molecule has 3 aromatic rings. The molecule has 0 saturated heterocycles. The predicted molar refractivity (Wildman–Crippen MR) is 92.1 cm³/mol. The first-order chi connectivity index (χ1) is 11.5. The van der Waals surface area contributed by atoms with Gasteiger partial charge in [0, 0.05) is 16.1 Å². The third-order valence-corrected chi connectivity index (χ3v) is 4.01. The third kappa shape index (κ3) is 3.58. The topological polar surface area (TPSA) is 46.9 Å². The Balaban J connectivity index is 1.82. The van der Waals surface area contributed by atoms with Crippen molar-refractivity contribution in [3.05, 3.63) is 81.7 Å². The van der Waals surface area contributed by atoms with Crippen molar-refractivity contribution in [2.75, 3.05) is 5.32 Å². The van der Waals surface area contributed by atoms with Crippen molar-refractivity contribution in [2.24, 2.45) is 0 Å². The normalized spacial score (nSPS) is 10.6. The summed E-state index contributed by atoms with van der Waals surface area (Å²) in [5, 5.41) is 7.68. The molecular formula is C17H12Cl2FN3O. The van der Waals surface area contributed by atoms with Gasteiger partial charge in [0.15, 0.2) is 0 Å². The third-order valence-electron chi connectivity index (χ3n) is 3.41. The van der Waals surface area contributed by atoms with Crippen LogP contribution in [0, 0.1) is 5.82 Å². The second-order valence-electron chi connectivity index (χ2n) is 5.04. The maximum Gasteiger partial charge on any atom is 0.259 e. The minimum absolute atomic E-state index is 0.131. The van der Waals surface area contributed by atoms with Crippen LogP contribution < -0.4 is 5.32 Å². The Morgan fingerprint density at radius 3 is 2.75 bits per heavy atom. The van der Waals surface area contributed by atoms with Crippen molar-refractivity contribution in [1.82, 2.24) is 9.78 Å². The largest absolute Gasteiger partial charge is 0.307 e. The number of hydrogen-bond acceptors (Lipinski definition) is 2. The van der Waals surface area contributed by atoms with Crippen molar-refractivity contribution in [3.8, 4) is 0 Å². The molecule has 0 bridgehead atoms. The number of anilines is 1. The number of amides is 1. The van der Waals surface area contributed by atoms with Crippen molar-refractivity contribution in [3.63, 3.8) is 0 Å². The van der Waals surface area contributed by atoms with Crippen LogP contribution in [0.3, 0.4) is 0 Å². The summed E-state index contributed by atoms with van der Waals surface area (Å²) in [5.74, 6) is -0.815. The zero-order valence-corrected chi connectivity index (χ0v) is 13.9. The number of carbonyl (C=O) groups excluding carboxylic acids is 1. The van der Waals surface area contributed by atoms with Gasteiger partial charge in [0.2, 0.25) is 0 Å². The van der Waals surface area contributed by atoms with Crippen LogP contribution in [0.4, 0.5) is 10.2 Å². The van der Waals surface area contributed by atoms with E-state index in [1.807, 2.05) is 18.2 Å². The molecule has 3 rings (SSSR count). The van der Waals surface area contributed by atoms with E-state index in [0.29, 0.717) is 17.4 Å². The highest BCUT2D eigenvalue weighted by Gasteiger charge is 2.15. The summed E-state index contributed by atoms with van der Waals surface area (Å²) >= 11 is 12.0. The second kappa shape index (κ2) is 7.03. The molecule has 4 nitrogen and oxygen atoms in total. The van der Waals surface area contributed by atoms with Crippen LogP contribution in [0.25, 0.3) is 0 Å². The minimum atomic E-state index is -0.644. The first kappa shape index (κ1) is 16.5. The van der Waals surface area contributed by atoms with E-state index in [1.54, 1.807) is 23.0 Å². The minimum Gasteiger partial charge on any atom is -0.307 e. The Morgan fingerprint density at radius 2 is 1.96 bits per heavy atom. The molecule has 0 unspecified atom stereocenters. The van der Waals surface area contributed by atoms with Crippen LogP contribution in [0.5, 0.6) is 0 Å². The smallest absolute Gasteiger partial charge is 0.259 e. The average molecular weight is 364 g/mol. The molecule has 0 aliphatic carbocycles. The number of rotatable bonds is 4. The molecule has 1 heterocycles. The van der Waals surface area contributed by atoms with E-state index >= 15 is 0 Å². The molecule has 7 heteroatoms. The van der Waals surface area contributed by atoms with Crippen molar-refractivity contribution in [1.29, 1.82) is 0 Å². The highest BCUT2D eigenvalue weighted by molar-refractivity contribution is 6.31. The molecule has 122 valence electrons. The highest BCUT2D eigenvalue weighted by Crippen LogP contribution is 2.20. The van der Waals surface area contributed by atoms with E-state index < -0.39 is 11.7 Å². The Labute approximate surface area is 147 Å². The lowest BCUT2D eigenvalue weighted by Gasteiger charge is -2.10. The first-order valence-corrected chi connectivity index (χ1v) is 7.82. The SMILES string of the molecule is O=C(Nc1ccnn1Cc1ccccc1Cl)c1cc(Cl)ccc1F. The molecule has 24 heavy (non-hydrogen) atoms. The maximum atomic E-state index is 13.8. The predicted octanol–water partition coefficient (Wildman–Crippen LogP) is 4.63. The van der Waals surface area contributed by atoms with Crippen molar-refractivity contribution < 1.29 is 9.18 Å². The molecule has 0 fully saturated rings. The fourth-order valence-corrected chi connectivity index (χ4v) is 2.58. The number of carbonyl (C=O) groups is 1. The number of nitrogens with zero attached hydrogens (tertiary/aromatic N) is 2. The molecule has 0 saturated carbocycles.